The van der Waals surface area contributed by atoms with Crippen molar-refractivity contribution in [1.82, 2.24) is 19.7 Å². The van der Waals surface area contributed by atoms with Crippen LogP contribution < -0.4 is 0 Å². The first-order chi connectivity index (χ1) is 9.79. The summed E-state index contributed by atoms with van der Waals surface area (Å²) in [5.74, 6) is 0.796. The zero-order valence-electron chi connectivity index (χ0n) is 11.7. The Morgan fingerprint density at radius 1 is 1.35 bits per heavy atom. The maximum absolute atomic E-state index is 11.8. The number of nitrogens with zero attached hydrogens (tertiary/aromatic N) is 4. The number of carbonyl (C=O) groups is 1. The molecule has 20 heavy (non-hydrogen) atoms. The van der Waals surface area contributed by atoms with Gasteiger partial charge in [0.15, 0.2) is 0 Å². The summed E-state index contributed by atoms with van der Waals surface area (Å²) >= 11 is 0. The van der Waals surface area contributed by atoms with E-state index in [4.69, 9.17) is 9.47 Å². The highest BCUT2D eigenvalue weighted by atomic mass is 16.5. The molecule has 3 rings (SSSR count). The molecule has 1 aromatic heterocycles. The highest BCUT2D eigenvalue weighted by Gasteiger charge is 2.29. The summed E-state index contributed by atoms with van der Waals surface area (Å²) in [5, 5.41) is 8.13. The lowest BCUT2D eigenvalue weighted by Gasteiger charge is -2.36. The second-order valence-corrected chi connectivity index (χ2v) is 5.13. The van der Waals surface area contributed by atoms with Crippen LogP contribution in [0, 0.1) is 0 Å². The number of fused-ring (bicyclic) bond motifs is 1. The van der Waals surface area contributed by atoms with Crippen molar-refractivity contribution in [2.75, 3.05) is 26.4 Å². The third-order valence-electron chi connectivity index (χ3n) is 3.95. The number of ether oxygens (including phenoxy) is 2. The normalized spacial score (nSPS) is 20.6. The number of aromatic nitrogens is 3. The fraction of sp³-hybridized carbons (Fsp3) is 0.769. The van der Waals surface area contributed by atoms with Crippen LogP contribution in [-0.4, -0.2) is 58.0 Å². The monoisotopic (exact) mass is 280 g/mol. The smallest absolute Gasteiger partial charge is 0.376 e. The lowest BCUT2D eigenvalue weighted by Crippen LogP contribution is -2.44. The van der Waals surface area contributed by atoms with Gasteiger partial charge >= 0.3 is 5.97 Å². The van der Waals surface area contributed by atoms with Gasteiger partial charge in [0.1, 0.15) is 5.82 Å². The van der Waals surface area contributed by atoms with Gasteiger partial charge in [-0.25, -0.2) is 4.79 Å². The minimum atomic E-state index is -0.384. The van der Waals surface area contributed by atoms with Crippen LogP contribution in [0.15, 0.2) is 0 Å². The molecule has 0 aromatic carbocycles. The van der Waals surface area contributed by atoms with Crippen molar-refractivity contribution >= 4 is 5.97 Å². The second kappa shape index (κ2) is 5.88. The van der Waals surface area contributed by atoms with E-state index in [1.807, 2.05) is 4.57 Å². The van der Waals surface area contributed by atoms with E-state index in [2.05, 4.69) is 15.1 Å². The summed E-state index contributed by atoms with van der Waals surface area (Å²) in [6.07, 6.45) is 2.14. The second-order valence-electron chi connectivity index (χ2n) is 5.13. The molecule has 7 nitrogen and oxygen atoms in total. The number of hydrogen-bond acceptors (Lipinski definition) is 6. The summed E-state index contributed by atoms with van der Waals surface area (Å²) in [7, 11) is 0. The molecule has 0 N–H and O–H groups in total. The Balaban J connectivity index is 1.71. The molecule has 0 aliphatic carbocycles. The van der Waals surface area contributed by atoms with Gasteiger partial charge in [-0.3, -0.25) is 4.90 Å². The molecule has 0 spiro atoms. The van der Waals surface area contributed by atoms with Gasteiger partial charge in [0.05, 0.1) is 13.2 Å². The van der Waals surface area contributed by atoms with E-state index in [0.717, 1.165) is 51.5 Å². The minimum absolute atomic E-state index is 0.327. The van der Waals surface area contributed by atoms with Crippen LogP contribution in [0.5, 0.6) is 0 Å². The Bertz CT molecular complexity index is 482. The third-order valence-corrected chi connectivity index (χ3v) is 3.95. The topological polar surface area (TPSA) is 69.5 Å². The van der Waals surface area contributed by atoms with Crippen LogP contribution in [0.4, 0.5) is 0 Å². The Morgan fingerprint density at radius 3 is 2.90 bits per heavy atom. The minimum Gasteiger partial charge on any atom is -0.460 e. The van der Waals surface area contributed by atoms with Gasteiger partial charge in [0, 0.05) is 32.3 Å². The molecule has 0 saturated carbocycles. The van der Waals surface area contributed by atoms with E-state index in [1.165, 1.54) is 0 Å². The van der Waals surface area contributed by atoms with Crippen LogP contribution in [0.25, 0.3) is 0 Å². The molecule has 1 aromatic rings. The molecule has 0 amide bonds. The van der Waals surface area contributed by atoms with E-state index < -0.39 is 0 Å². The van der Waals surface area contributed by atoms with E-state index in [-0.39, 0.29) is 5.97 Å². The fourth-order valence-corrected chi connectivity index (χ4v) is 2.89. The predicted octanol–water partition coefficient (Wildman–Crippen LogP) is 0.449. The summed E-state index contributed by atoms with van der Waals surface area (Å²) in [4.78, 5) is 14.2. The lowest BCUT2D eigenvalue weighted by atomic mass is 10.1. The molecule has 2 aliphatic rings. The van der Waals surface area contributed by atoms with Crippen LogP contribution >= 0.6 is 0 Å². The number of rotatable bonds is 3. The molecule has 0 bridgehead atoms. The number of esters is 1. The molecule has 7 heteroatoms. The summed E-state index contributed by atoms with van der Waals surface area (Å²) in [5.41, 5.74) is 0. The van der Waals surface area contributed by atoms with Crippen molar-refractivity contribution in [3.05, 3.63) is 11.6 Å². The zero-order chi connectivity index (χ0) is 13.9. The quantitative estimate of drug-likeness (QED) is 0.749. The van der Waals surface area contributed by atoms with E-state index >= 15 is 0 Å². The molecule has 1 fully saturated rings. The van der Waals surface area contributed by atoms with Crippen LogP contribution in [-0.2, 0) is 22.6 Å². The maximum atomic E-state index is 11.8. The lowest BCUT2D eigenvalue weighted by molar-refractivity contribution is 0.0229. The number of hydrogen-bond donors (Lipinski definition) is 0. The van der Waals surface area contributed by atoms with Gasteiger partial charge in [0.2, 0.25) is 5.82 Å². The molecule has 0 radical (unpaired) electrons. The van der Waals surface area contributed by atoms with E-state index in [1.54, 1.807) is 6.92 Å². The zero-order valence-corrected chi connectivity index (χ0v) is 11.7. The highest BCUT2D eigenvalue weighted by Crippen LogP contribution is 2.20. The highest BCUT2D eigenvalue weighted by molar-refractivity contribution is 5.85. The molecular weight excluding hydrogens is 260 g/mol. The van der Waals surface area contributed by atoms with Crippen LogP contribution in [0.2, 0.25) is 0 Å². The Hall–Kier alpha value is -1.47. The first-order valence-corrected chi connectivity index (χ1v) is 7.20. The average Bonchev–Trinajstić information content (AvgIpc) is 2.91. The molecular formula is C13H20N4O3. The Kier molecular flexibility index (Phi) is 3.98. The molecule has 110 valence electrons. The van der Waals surface area contributed by atoms with E-state index in [9.17, 15) is 4.79 Å². The van der Waals surface area contributed by atoms with Gasteiger partial charge in [-0.2, -0.15) is 0 Å². The molecule has 0 atom stereocenters. The molecule has 3 heterocycles. The molecule has 1 saturated heterocycles. The fourth-order valence-electron chi connectivity index (χ4n) is 2.89. The van der Waals surface area contributed by atoms with Crippen molar-refractivity contribution in [3.63, 3.8) is 0 Å². The van der Waals surface area contributed by atoms with Gasteiger partial charge in [0.25, 0.3) is 0 Å². The molecule has 0 unspecified atom stereocenters. The van der Waals surface area contributed by atoms with Crippen molar-refractivity contribution < 1.29 is 14.3 Å². The summed E-state index contributed by atoms with van der Waals surface area (Å²) in [6, 6.07) is 0.556. The van der Waals surface area contributed by atoms with Crippen molar-refractivity contribution in [3.8, 4) is 0 Å². The largest absolute Gasteiger partial charge is 0.460 e. The van der Waals surface area contributed by atoms with Crippen molar-refractivity contribution in [2.45, 2.75) is 38.9 Å². The van der Waals surface area contributed by atoms with Crippen LogP contribution in [0.3, 0.4) is 0 Å². The van der Waals surface area contributed by atoms with Crippen molar-refractivity contribution in [1.29, 1.82) is 0 Å². The first-order valence-electron chi connectivity index (χ1n) is 7.20. The summed E-state index contributed by atoms with van der Waals surface area (Å²) in [6.45, 7) is 6.23. The average molecular weight is 280 g/mol. The first kappa shape index (κ1) is 13.5. The van der Waals surface area contributed by atoms with Crippen molar-refractivity contribution in [2.24, 2.45) is 0 Å². The van der Waals surface area contributed by atoms with E-state index in [0.29, 0.717) is 18.5 Å². The predicted molar refractivity (Wildman–Crippen MR) is 70.2 cm³/mol. The van der Waals surface area contributed by atoms with Gasteiger partial charge in [-0.15, -0.1) is 10.2 Å². The Morgan fingerprint density at radius 2 is 2.15 bits per heavy atom. The maximum Gasteiger partial charge on any atom is 0.376 e. The van der Waals surface area contributed by atoms with Gasteiger partial charge in [-0.05, 0) is 19.8 Å². The SMILES string of the molecule is CCOC(=O)c1nnc2n1CCN(C1CCOCC1)C2. The van der Waals surface area contributed by atoms with Gasteiger partial charge < -0.3 is 14.0 Å². The Labute approximate surface area is 117 Å². The summed E-state index contributed by atoms with van der Waals surface area (Å²) < 4.78 is 12.3. The molecule has 2 aliphatic heterocycles. The third kappa shape index (κ3) is 2.55. The van der Waals surface area contributed by atoms with Gasteiger partial charge in [-0.1, -0.05) is 0 Å². The van der Waals surface area contributed by atoms with Crippen LogP contribution in [0.1, 0.15) is 36.2 Å². The number of carbonyl (C=O) groups excluding carboxylic acids is 1. The standard InChI is InChI=1S/C13H20N4O3/c1-2-20-13(18)12-15-14-11-9-16(5-6-17(11)12)10-3-7-19-8-4-10/h10H,2-9H2,1H3.